The highest BCUT2D eigenvalue weighted by Gasteiger charge is 2.20. The van der Waals surface area contributed by atoms with Gasteiger partial charge in [-0.25, -0.2) is 0 Å². The maximum absolute atomic E-state index is 2.38. The SMILES string of the molecule is C1=CCCC(N(c2ccccc2)c2ccc(N(c3ccccc3)c3ccc(-c4ccc(N(C5=CCCC=C5)c5ccc(N(c6ccccc6)c6ccccc6)cc5)cc4)cc3)cc2)=C1. The molecule has 0 saturated carbocycles. The average molecular weight is 827 g/mol. The Bertz CT molecular complexity index is 2840. The second-order valence-corrected chi connectivity index (χ2v) is 16.0. The molecule has 4 nitrogen and oxygen atoms in total. The Morgan fingerprint density at radius 3 is 0.984 bits per heavy atom. The molecule has 2 aliphatic rings. The van der Waals surface area contributed by atoms with Gasteiger partial charge in [0.1, 0.15) is 0 Å². The lowest BCUT2D eigenvalue weighted by Gasteiger charge is -2.30. The van der Waals surface area contributed by atoms with Crippen molar-refractivity contribution in [3.8, 4) is 11.1 Å². The Morgan fingerprint density at radius 1 is 0.281 bits per heavy atom. The second kappa shape index (κ2) is 18.9. The first kappa shape index (κ1) is 40.0. The largest absolute Gasteiger partial charge is 0.314 e. The van der Waals surface area contributed by atoms with E-state index >= 15 is 0 Å². The van der Waals surface area contributed by atoms with Crippen LogP contribution in [0.2, 0.25) is 0 Å². The van der Waals surface area contributed by atoms with Gasteiger partial charge in [-0.2, -0.15) is 0 Å². The van der Waals surface area contributed by atoms with E-state index in [4.69, 9.17) is 0 Å². The van der Waals surface area contributed by atoms with Crippen molar-refractivity contribution in [3.05, 3.63) is 266 Å². The van der Waals surface area contributed by atoms with Gasteiger partial charge in [-0.3, -0.25) is 0 Å². The van der Waals surface area contributed by atoms with Crippen LogP contribution in [0.25, 0.3) is 11.1 Å². The van der Waals surface area contributed by atoms with Gasteiger partial charge < -0.3 is 19.6 Å². The zero-order valence-electron chi connectivity index (χ0n) is 35.9. The third kappa shape index (κ3) is 8.68. The minimum absolute atomic E-state index is 1.00. The highest BCUT2D eigenvalue weighted by Crippen LogP contribution is 2.41. The van der Waals surface area contributed by atoms with E-state index in [9.17, 15) is 0 Å². The topological polar surface area (TPSA) is 13.0 Å². The van der Waals surface area contributed by atoms with E-state index in [1.807, 2.05) is 0 Å². The molecule has 0 atom stereocenters. The van der Waals surface area contributed by atoms with Crippen molar-refractivity contribution in [3.63, 3.8) is 0 Å². The normalized spacial score (nSPS) is 13.1. The average Bonchev–Trinajstić information content (AvgIpc) is 3.38. The number of hydrogen-bond acceptors (Lipinski definition) is 4. The molecule has 8 aromatic rings. The summed E-state index contributed by atoms with van der Waals surface area (Å²) < 4.78 is 0. The fraction of sp³-hybridized carbons (Fsp3) is 0.0667. The third-order valence-electron chi connectivity index (χ3n) is 11.9. The zero-order chi connectivity index (χ0) is 42.9. The Hall–Kier alpha value is -8.08. The summed E-state index contributed by atoms with van der Waals surface area (Å²) in [6.07, 6.45) is 17.7. The van der Waals surface area contributed by atoms with Gasteiger partial charge >= 0.3 is 0 Å². The Kier molecular flexibility index (Phi) is 11.8. The van der Waals surface area contributed by atoms with E-state index in [-0.39, 0.29) is 0 Å². The van der Waals surface area contributed by atoms with Crippen molar-refractivity contribution in [2.24, 2.45) is 0 Å². The van der Waals surface area contributed by atoms with Crippen molar-refractivity contribution in [2.75, 3.05) is 19.6 Å². The summed E-state index contributed by atoms with van der Waals surface area (Å²) in [4.78, 5) is 9.38. The van der Waals surface area contributed by atoms with Crippen LogP contribution >= 0.6 is 0 Å². The van der Waals surface area contributed by atoms with Crippen LogP contribution in [-0.2, 0) is 0 Å². The Labute approximate surface area is 377 Å². The molecule has 4 heteroatoms. The summed E-state index contributed by atoms with van der Waals surface area (Å²) in [5, 5.41) is 0. The smallest absolute Gasteiger partial charge is 0.0463 e. The first-order valence-corrected chi connectivity index (χ1v) is 22.3. The molecule has 0 unspecified atom stereocenters. The predicted molar refractivity (Wildman–Crippen MR) is 271 cm³/mol. The molecule has 0 radical (unpaired) electrons. The molecule has 0 heterocycles. The van der Waals surface area contributed by atoms with Crippen molar-refractivity contribution >= 4 is 56.9 Å². The number of allylic oxidation sites excluding steroid dienone is 7. The summed E-state index contributed by atoms with van der Waals surface area (Å²) in [5.41, 5.74) is 16.0. The number of nitrogens with zero attached hydrogens (tertiary/aromatic N) is 4. The predicted octanol–water partition coefficient (Wildman–Crippen LogP) is 17.0. The van der Waals surface area contributed by atoms with E-state index < -0.39 is 0 Å². The van der Waals surface area contributed by atoms with Crippen molar-refractivity contribution in [2.45, 2.75) is 25.7 Å². The third-order valence-corrected chi connectivity index (χ3v) is 11.9. The molecule has 2 aliphatic carbocycles. The van der Waals surface area contributed by atoms with Crippen LogP contribution in [0.15, 0.2) is 266 Å². The molecular formula is C60H50N4. The lowest BCUT2D eigenvalue weighted by Crippen LogP contribution is -2.17. The summed E-state index contributed by atoms with van der Waals surface area (Å²) in [6, 6.07) is 78.3. The summed E-state index contributed by atoms with van der Waals surface area (Å²) >= 11 is 0. The number of rotatable bonds is 13. The van der Waals surface area contributed by atoms with Crippen LogP contribution in [0.3, 0.4) is 0 Å². The highest BCUT2D eigenvalue weighted by atomic mass is 15.2. The summed E-state index contributed by atoms with van der Waals surface area (Å²) in [5.74, 6) is 0. The van der Waals surface area contributed by atoms with Crippen LogP contribution in [0.4, 0.5) is 56.9 Å². The molecule has 0 aliphatic heterocycles. The van der Waals surface area contributed by atoms with Crippen LogP contribution in [0.5, 0.6) is 0 Å². The van der Waals surface area contributed by atoms with E-state index in [0.29, 0.717) is 0 Å². The minimum atomic E-state index is 1.00. The van der Waals surface area contributed by atoms with Gasteiger partial charge in [0, 0.05) is 68.3 Å². The van der Waals surface area contributed by atoms with Crippen LogP contribution < -0.4 is 19.6 Å². The fourth-order valence-electron chi connectivity index (χ4n) is 8.78. The van der Waals surface area contributed by atoms with Gasteiger partial charge in [0.2, 0.25) is 0 Å². The molecule has 64 heavy (non-hydrogen) atoms. The number of benzene rings is 8. The van der Waals surface area contributed by atoms with E-state index in [0.717, 1.165) is 76.9 Å². The quantitative estimate of drug-likeness (QED) is 0.115. The molecule has 0 fully saturated rings. The molecule has 10 rings (SSSR count). The summed E-state index contributed by atoms with van der Waals surface area (Å²) in [7, 11) is 0. The molecule has 310 valence electrons. The monoisotopic (exact) mass is 826 g/mol. The number of para-hydroxylation sites is 4. The van der Waals surface area contributed by atoms with E-state index in [2.05, 4.69) is 274 Å². The van der Waals surface area contributed by atoms with Gasteiger partial charge in [0.15, 0.2) is 0 Å². The van der Waals surface area contributed by atoms with Gasteiger partial charge in [0.25, 0.3) is 0 Å². The van der Waals surface area contributed by atoms with E-state index in [1.54, 1.807) is 0 Å². The number of anilines is 10. The molecule has 0 N–H and O–H groups in total. The van der Waals surface area contributed by atoms with Crippen LogP contribution in [-0.4, -0.2) is 0 Å². The zero-order valence-corrected chi connectivity index (χ0v) is 35.9. The first-order valence-electron chi connectivity index (χ1n) is 22.3. The molecule has 0 amide bonds. The second-order valence-electron chi connectivity index (χ2n) is 16.0. The maximum atomic E-state index is 2.38. The van der Waals surface area contributed by atoms with Crippen LogP contribution in [0, 0.1) is 0 Å². The molecule has 0 aromatic heterocycles. The van der Waals surface area contributed by atoms with Crippen LogP contribution in [0.1, 0.15) is 25.7 Å². The standard InChI is InChI=1S/C60H50N4/c1-7-19-49(20-8-1)61(50-21-9-2-10-22-50)57-39-43-59(44-40-57)63(53-27-15-5-16-28-53)55-35-31-47(32-36-55)48-33-37-56(38-34-48)64(54-29-17-6-18-30-54)60-45-41-58(42-46-60)62(51-23-11-3-12-24-51)52-25-13-4-14-26-52/h1-5,7-9,11-17,19-21,23-46H,6,10,18,22H2. The maximum Gasteiger partial charge on any atom is 0.0463 e. The molecule has 8 aromatic carbocycles. The van der Waals surface area contributed by atoms with Gasteiger partial charge in [-0.15, -0.1) is 0 Å². The lowest BCUT2D eigenvalue weighted by atomic mass is 10.0. The van der Waals surface area contributed by atoms with Crippen molar-refractivity contribution < 1.29 is 0 Å². The summed E-state index contributed by atoms with van der Waals surface area (Å²) in [6.45, 7) is 0. The fourth-order valence-corrected chi connectivity index (χ4v) is 8.78. The molecule has 0 bridgehead atoms. The van der Waals surface area contributed by atoms with Gasteiger partial charge in [0.05, 0.1) is 0 Å². The number of hydrogen-bond donors (Lipinski definition) is 0. The lowest BCUT2D eigenvalue weighted by molar-refractivity contribution is 0.917. The van der Waals surface area contributed by atoms with Gasteiger partial charge in [-0.05, 0) is 170 Å². The molecule has 0 saturated heterocycles. The van der Waals surface area contributed by atoms with Crippen molar-refractivity contribution in [1.82, 2.24) is 0 Å². The molecule has 0 spiro atoms. The Morgan fingerprint density at radius 2 is 0.625 bits per heavy atom. The molecular weight excluding hydrogens is 777 g/mol. The van der Waals surface area contributed by atoms with E-state index in [1.165, 1.54) is 28.2 Å². The highest BCUT2D eigenvalue weighted by molar-refractivity contribution is 5.82. The Balaban J connectivity index is 0.926. The minimum Gasteiger partial charge on any atom is -0.314 e. The van der Waals surface area contributed by atoms with Gasteiger partial charge in [-0.1, -0.05) is 121 Å². The van der Waals surface area contributed by atoms with Crippen molar-refractivity contribution in [1.29, 1.82) is 0 Å². The first-order chi connectivity index (χ1) is 31.8.